The summed E-state index contributed by atoms with van der Waals surface area (Å²) in [6.45, 7) is 0. The molecule has 2 rings (SSSR count). The van der Waals surface area contributed by atoms with Crippen LogP contribution in [0.5, 0.6) is 0 Å². The van der Waals surface area contributed by atoms with Crippen molar-refractivity contribution in [2.45, 2.75) is 31.7 Å². The quantitative estimate of drug-likeness (QED) is 0.671. The number of carbonyl (C=O) groups is 2. The van der Waals surface area contributed by atoms with Crippen LogP contribution in [0.3, 0.4) is 0 Å². The first-order valence-electron chi connectivity index (χ1n) is 7.38. The minimum atomic E-state index is -0.756. The molecule has 0 bridgehead atoms. The van der Waals surface area contributed by atoms with Gasteiger partial charge in [0, 0.05) is 12.3 Å². The lowest BCUT2D eigenvalue weighted by Crippen LogP contribution is -2.45. The van der Waals surface area contributed by atoms with E-state index < -0.39 is 12.0 Å². The maximum Gasteiger partial charge on any atom is 0.328 e. The highest BCUT2D eigenvalue weighted by atomic mass is 19.1. The predicted octanol–water partition coefficient (Wildman–Crippen LogP) is 2.38. The van der Waals surface area contributed by atoms with Gasteiger partial charge in [-0.2, -0.15) is 0 Å². The van der Waals surface area contributed by atoms with Crippen molar-refractivity contribution in [2.24, 2.45) is 5.92 Å². The lowest BCUT2D eigenvalue weighted by Gasteiger charge is -2.22. The number of rotatable bonds is 5. The Kier molecular flexibility index (Phi) is 5.69. The molecule has 1 amide bonds. The van der Waals surface area contributed by atoms with Crippen LogP contribution in [-0.2, 0) is 20.7 Å². The number of ether oxygens (including phenoxy) is 1. The molecule has 0 heterocycles. The monoisotopic (exact) mass is 305 g/mol. The van der Waals surface area contributed by atoms with E-state index in [2.05, 4.69) is 11.4 Å². The molecule has 1 aromatic carbocycles. The van der Waals surface area contributed by atoms with Crippen molar-refractivity contribution in [3.63, 3.8) is 0 Å². The molecule has 22 heavy (non-hydrogen) atoms. The van der Waals surface area contributed by atoms with Gasteiger partial charge in [0.05, 0.1) is 7.11 Å². The highest BCUT2D eigenvalue weighted by molar-refractivity contribution is 5.86. The number of hydrogen-bond acceptors (Lipinski definition) is 3. The van der Waals surface area contributed by atoms with Gasteiger partial charge in [-0.25, -0.2) is 9.18 Å². The van der Waals surface area contributed by atoms with Crippen molar-refractivity contribution < 1.29 is 18.7 Å². The zero-order valence-corrected chi connectivity index (χ0v) is 12.5. The average Bonchev–Trinajstić information content (AvgIpc) is 2.56. The zero-order valence-electron chi connectivity index (χ0n) is 12.5. The topological polar surface area (TPSA) is 55.4 Å². The third kappa shape index (κ3) is 4.41. The van der Waals surface area contributed by atoms with Gasteiger partial charge in [0.15, 0.2) is 0 Å². The number of nitrogens with one attached hydrogen (secondary N) is 1. The average molecular weight is 305 g/mol. The van der Waals surface area contributed by atoms with Crippen molar-refractivity contribution in [1.29, 1.82) is 0 Å². The van der Waals surface area contributed by atoms with Gasteiger partial charge in [-0.15, -0.1) is 0 Å². The molecule has 0 saturated carbocycles. The summed E-state index contributed by atoms with van der Waals surface area (Å²) in [5.41, 5.74) is 0.764. The summed E-state index contributed by atoms with van der Waals surface area (Å²) in [7, 11) is 1.29. The first-order valence-corrected chi connectivity index (χ1v) is 7.38. The number of benzene rings is 1. The Morgan fingerprint density at radius 1 is 1.32 bits per heavy atom. The Hall–Kier alpha value is -2.17. The van der Waals surface area contributed by atoms with Crippen LogP contribution in [0.4, 0.5) is 4.39 Å². The van der Waals surface area contributed by atoms with Crippen LogP contribution >= 0.6 is 0 Å². The van der Waals surface area contributed by atoms with Gasteiger partial charge in [-0.05, 0) is 37.0 Å². The number of esters is 1. The molecule has 0 radical (unpaired) electrons. The Morgan fingerprint density at radius 3 is 2.64 bits per heavy atom. The molecule has 5 heteroatoms. The molecule has 1 aliphatic carbocycles. The largest absolute Gasteiger partial charge is 0.467 e. The molecule has 0 aromatic heterocycles. The van der Waals surface area contributed by atoms with Crippen molar-refractivity contribution in [3.05, 3.63) is 47.8 Å². The third-order valence-corrected chi connectivity index (χ3v) is 3.80. The zero-order chi connectivity index (χ0) is 15.9. The standard InChI is InChI=1S/C17H20FNO3/c1-22-17(21)15(11-12-7-9-14(18)10-8-12)19-16(20)13-5-3-2-4-6-13/h2-3,7-10,13,15H,4-6,11H2,1H3,(H,19,20)/t13-,15-/m1/s1. The van der Waals surface area contributed by atoms with Crippen LogP contribution in [0, 0.1) is 11.7 Å². The van der Waals surface area contributed by atoms with Crippen LogP contribution in [0.25, 0.3) is 0 Å². The molecule has 0 aliphatic heterocycles. The molecule has 0 spiro atoms. The second kappa shape index (κ2) is 7.73. The summed E-state index contributed by atoms with van der Waals surface area (Å²) in [6, 6.07) is 5.10. The molecule has 0 unspecified atom stereocenters. The Bertz CT molecular complexity index is 554. The molecular formula is C17H20FNO3. The van der Waals surface area contributed by atoms with E-state index in [1.165, 1.54) is 19.2 Å². The van der Waals surface area contributed by atoms with E-state index in [9.17, 15) is 14.0 Å². The molecule has 1 aromatic rings. The van der Waals surface area contributed by atoms with Crippen molar-refractivity contribution in [3.8, 4) is 0 Å². The summed E-state index contributed by atoms with van der Waals surface area (Å²) < 4.78 is 17.7. The van der Waals surface area contributed by atoms with E-state index in [4.69, 9.17) is 4.74 Å². The molecule has 0 saturated heterocycles. The van der Waals surface area contributed by atoms with Crippen LogP contribution in [-0.4, -0.2) is 25.0 Å². The van der Waals surface area contributed by atoms with E-state index in [-0.39, 0.29) is 24.1 Å². The third-order valence-electron chi connectivity index (χ3n) is 3.80. The summed E-state index contributed by atoms with van der Waals surface area (Å²) in [6.07, 6.45) is 6.67. The Morgan fingerprint density at radius 2 is 2.05 bits per heavy atom. The molecule has 1 N–H and O–H groups in total. The van der Waals surface area contributed by atoms with Crippen LogP contribution in [0.1, 0.15) is 24.8 Å². The second-order valence-electron chi connectivity index (χ2n) is 5.40. The fourth-order valence-corrected chi connectivity index (χ4v) is 2.51. The minimum Gasteiger partial charge on any atom is -0.467 e. The number of carbonyl (C=O) groups excluding carboxylic acids is 2. The summed E-state index contributed by atoms with van der Waals surface area (Å²) in [5, 5.41) is 2.76. The fourth-order valence-electron chi connectivity index (χ4n) is 2.51. The molecule has 0 fully saturated rings. The van der Waals surface area contributed by atoms with E-state index in [1.54, 1.807) is 12.1 Å². The van der Waals surface area contributed by atoms with E-state index in [0.717, 1.165) is 18.4 Å². The highest BCUT2D eigenvalue weighted by Gasteiger charge is 2.26. The molecule has 118 valence electrons. The summed E-state index contributed by atoms with van der Waals surface area (Å²) >= 11 is 0. The van der Waals surface area contributed by atoms with Gasteiger partial charge in [0.2, 0.25) is 5.91 Å². The first kappa shape index (κ1) is 16.2. The van der Waals surface area contributed by atoms with E-state index in [1.807, 2.05) is 6.08 Å². The molecule has 2 atom stereocenters. The van der Waals surface area contributed by atoms with Gasteiger partial charge in [0.25, 0.3) is 0 Å². The number of hydrogen-bond donors (Lipinski definition) is 1. The van der Waals surface area contributed by atoms with Crippen LogP contribution in [0.15, 0.2) is 36.4 Å². The smallest absolute Gasteiger partial charge is 0.328 e. The van der Waals surface area contributed by atoms with Crippen molar-refractivity contribution in [1.82, 2.24) is 5.32 Å². The first-order chi connectivity index (χ1) is 10.6. The second-order valence-corrected chi connectivity index (χ2v) is 5.40. The fraction of sp³-hybridized carbons (Fsp3) is 0.412. The molecule has 4 nitrogen and oxygen atoms in total. The number of methoxy groups -OCH3 is 1. The van der Waals surface area contributed by atoms with Crippen molar-refractivity contribution >= 4 is 11.9 Å². The molecular weight excluding hydrogens is 285 g/mol. The van der Waals surface area contributed by atoms with E-state index >= 15 is 0 Å². The number of allylic oxidation sites excluding steroid dienone is 2. The summed E-state index contributed by atoms with van der Waals surface area (Å²) in [4.78, 5) is 24.1. The van der Waals surface area contributed by atoms with Crippen molar-refractivity contribution in [2.75, 3.05) is 7.11 Å². The summed E-state index contributed by atoms with van der Waals surface area (Å²) in [5.74, 6) is -1.08. The minimum absolute atomic E-state index is 0.106. The Labute approximate surface area is 129 Å². The van der Waals surface area contributed by atoms with Gasteiger partial charge in [-0.3, -0.25) is 4.79 Å². The normalized spacial score (nSPS) is 18.5. The SMILES string of the molecule is COC(=O)[C@@H](Cc1ccc(F)cc1)NC(=O)[C@@H]1CC=CCC1. The van der Waals surface area contributed by atoms with Crippen LogP contribution < -0.4 is 5.32 Å². The number of amides is 1. The number of halogens is 1. The van der Waals surface area contributed by atoms with Gasteiger partial charge in [0.1, 0.15) is 11.9 Å². The molecule has 1 aliphatic rings. The van der Waals surface area contributed by atoms with Gasteiger partial charge < -0.3 is 10.1 Å². The lowest BCUT2D eigenvalue weighted by atomic mass is 9.93. The van der Waals surface area contributed by atoms with E-state index in [0.29, 0.717) is 6.42 Å². The van der Waals surface area contributed by atoms with Crippen LogP contribution in [0.2, 0.25) is 0 Å². The Balaban J connectivity index is 2.02. The lowest BCUT2D eigenvalue weighted by molar-refractivity contribution is -0.145. The predicted molar refractivity (Wildman–Crippen MR) is 80.5 cm³/mol. The highest BCUT2D eigenvalue weighted by Crippen LogP contribution is 2.18. The maximum atomic E-state index is 12.9. The van der Waals surface area contributed by atoms with Gasteiger partial charge in [-0.1, -0.05) is 24.3 Å². The maximum absolute atomic E-state index is 12.9. The van der Waals surface area contributed by atoms with Gasteiger partial charge >= 0.3 is 5.97 Å².